The lowest BCUT2D eigenvalue weighted by Gasteiger charge is -2.17. The average Bonchev–Trinajstić information content (AvgIpc) is 2.83. The summed E-state index contributed by atoms with van der Waals surface area (Å²) >= 11 is 0. The van der Waals surface area contributed by atoms with E-state index in [-0.39, 0.29) is 0 Å². The lowest BCUT2D eigenvalue weighted by Crippen LogP contribution is -2.21. The lowest BCUT2D eigenvalue weighted by atomic mass is 9.96. The third-order valence-electron chi connectivity index (χ3n) is 5.12. The van der Waals surface area contributed by atoms with Gasteiger partial charge in [0, 0.05) is 0 Å². The SMILES string of the molecule is O=C(c1ccc(-c2ccccc2)cc1OC(F)(F)F)c1ccc(-c2ccccc2)cc1OC(F)(F)F. The Labute approximate surface area is 201 Å². The summed E-state index contributed by atoms with van der Waals surface area (Å²) in [5.74, 6) is -2.83. The van der Waals surface area contributed by atoms with Crippen molar-refractivity contribution in [3.63, 3.8) is 0 Å². The van der Waals surface area contributed by atoms with Gasteiger partial charge in [0.05, 0.1) is 11.1 Å². The molecule has 0 N–H and O–H groups in total. The summed E-state index contributed by atoms with van der Waals surface area (Å²) in [6.07, 6.45) is -10.3. The maximum atomic E-state index is 13.3. The predicted octanol–water partition coefficient (Wildman–Crippen LogP) is 8.05. The van der Waals surface area contributed by atoms with Crippen LogP contribution in [0, 0.1) is 0 Å². The number of halogens is 6. The summed E-state index contributed by atoms with van der Waals surface area (Å²) in [4.78, 5) is 13.3. The van der Waals surface area contributed by atoms with Crippen LogP contribution in [0.4, 0.5) is 26.3 Å². The molecule has 0 aliphatic rings. The van der Waals surface area contributed by atoms with Crippen LogP contribution in [0.5, 0.6) is 11.5 Å². The summed E-state index contributed by atoms with van der Waals surface area (Å²) < 4.78 is 87.1. The molecule has 4 aromatic rings. The lowest BCUT2D eigenvalue weighted by molar-refractivity contribution is -0.275. The standard InChI is InChI=1S/C27H16F6O3/c28-26(29,30)35-23-15-19(17-7-3-1-4-8-17)11-13-21(23)25(34)22-14-12-20(18-9-5-2-6-10-18)16-24(22)36-27(31,32)33/h1-16H. The van der Waals surface area contributed by atoms with E-state index < -0.39 is 41.1 Å². The van der Waals surface area contributed by atoms with Crippen LogP contribution in [0.15, 0.2) is 97.1 Å². The number of ether oxygens (including phenoxy) is 2. The largest absolute Gasteiger partial charge is 0.573 e. The van der Waals surface area contributed by atoms with Gasteiger partial charge in [-0.25, -0.2) is 0 Å². The van der Waals surface area contributed by atoms with Crippen molar-refractivity contribution in [1.82, 2.24) is 0 Å². The van der Waals surface area contributed by atoms with Gasteiger partial charge in [0.2, 0.25) is 0 Å². The van der Waals surface area contributed by atoms with E-state index in [4.69, 9.17) is 0 Å². The summed E-state index contributed by atoms with van der Waals surface area (Å²) in [5.41, 5.74) is 0.585. The number of alkyl halides is 6. The van der Waals surface area contributed by atoms with Gasteiger partial charge in [-0.15, -0.1) is 26.3 Å². The van der Waals surface area contributed by atoms with Gasteiger partial charge in [0.25, 0.3) is 0 Å². The molecular weight excluding hydrogens is 486 g/mol. The van der Waals surface area contributed by atoms with Crippen molar-refractivity contribution in [3.05, 3.63) is 108 Å². The number of hydrogen-bond acceptors (Lipinski definition) is 3. The fraction of sp³-hybridized carbons (Fsp3) is 0.0741. The van der Waals surface area contributed by atoms with Gasteiger partial charge in [-0.2, -0.15) is 0 Å². The molecule has 0 unspecified atom stereocenters. The van der Waals surface area contributed by atoms with Crippen molar-refractivity contribution in [2.24, 2.45) is 0 Å². The minimum atomic E-state index is -5.15. The minimum Gasteiger partial charge on any atom is -0.405 e. The molecule has 0 aliphatic heterocycles. The first kappa shape index (κ1) is 24.8. The second-order valence-corrected chi connectivity index (χ2v) is 7.58. The molecule has 0 heterocycles. The van der Waals surface area contributed by atoms with Crippen LogP contribution in [0.2, 0.25) is 0 Å². The summed E-state index contributed by atoms with van der Waals surface area (Å²) in [6.45, 7) is 0. The topological polar surface area (TPSA) is 35.5 Å². The Morgan fingerprint density at radius 1 is 0.500 bits per heavy atom. The Kier molecular flexibility index (Phi) is 6.74. The quantitative estimate of drug-likeness (QED) is 0.198. The third-order valence-corrected chi connectivity index (χ3v) is 5.12. The molecule has 36 heavy (non-hydrogen) atoms. The van der Waals surface area contributed by atoms with Crippen molar-refractivity contribution >= 4 is 5.78 Å². The van der Waals surface area contributed by atoms with E-state index >= 15 is 0 Å². The fourth-order valence-corrected chi connectivity index (χ4v) is 3.60. The van der Waals surface area contributed by atoms with Gasteiger partial charge >= 0.3 is 12.7 Å². The first-order valence-corrected chi connectivity index (χ1v) is 10.5. The highest BCUT2D eigenvalue weighted by atomic mass is 19.4. The Morgan fingerprint density at radius 2 is 0.861 bits per heavy atom. The van der Waals surface area contributed by atoms with Gasteiger partial charge in [0.1, 0.15) is 11.5 Å². The van der Waals surface area contributed by atoms with Crippen LogP contribution in [-0.4, -0.2) is 18.5 Å². The van der Waals surface area contributed by atoms with E-state index in [0.29, 0.717) is 22.3 Å². The minimum absolute atomic E-state index is 0.317. The highest BCUT2D eigenvalue weighted by molar-refractivity contribution is 6.13. The van der Waals surface area contributed by atoms with Crippen molar-refractivity contribution in [2.75, 3.05) is 0 Å². The second kappa shape index (κ2) is 9.77. The Morgan fingerprint density at radius 3 is 1.19 bits per heavy atom. The molecule has 0 bridgehead atoms. The van der Waals surface area contributed by atoms with Gasteiger partial charge in [-0.1, -0.05) is 72.8 Å². The molecular formula is C27H16F6O3. The monoisotopic (exact) mass is 502 g/mol. The number of carbonyl (C=O) groups excluding carboxylic acids is 1. The van der Waals surface area contributed by atoms with Crippen molar-refractivity contribution < 1.29 is 40.6 Å². The predicted molar refractivity (Wildman–Crippen MR) is 121 cm³/mol. The van der Waals surface area contributed by atoms with Crippen LogP contribution >= 0.6 is 0 Å². The summed E-state index contributed by atoms with van der Waals surface area (Å²) in [7, 11) is 0. The molecule has 0 radical (unpaired) electrons. The van der Waals surface area contributed by atoms with E-state index in [1.807, 2.05) is 0 Å². The second-order valence-electron chi connectivity index (χ2n) is 7.58. The van der Waals surface area contributed by atoms with Crippen molar-refractivity contribution in [3.8, 4) is 33.8 Å². The number of benzene rings is 4. The highest BCUT2D eigenvalue weighted by Crippen LogP contribution is 2.37. The average molecular weight is 502 g/mol. The molecule has 4 rings (SSSR count). The zero-order valence-electron chi connectivity index (χ0n) is 18.2. The zero-order chi connectivity index (χ0) is 25.9. The summed E-state index contributed by atoms with van der Waals surface area (Å²) in [6, 6.07) is 23.7. The van der Waals surface area contributed by atoms with Crippen LogP contribution in [-0.2, 0) is 0 Å². The highest BCUT2D eigenvalue weighted by Gasteiger charge is 2.36. The van der Waals surface area contributed by atoms with E-state index in [9.17, 15) is 31.1 Å². The smallest absolute Gasteiger partial charge is 0.405 e. The normalized spacial score (nSPS) is 11.7. The number of carbonyl (C=O) groups is 1. The van der Waals surface area contributed by atoms with Gasteiger partial charge in [-0.05, 0) is 46.5 Å². The Hall–Kier alpha value is -4.27. The molecule has 9 heteroatoms. The van der Waals surface area contributed by atoms with E-state index in [2.05, 4.69) is 9.47 Å². The number of hydrogen-bond donors (Lipinski definition) is 0. The molecule has 4 aromatic carbocycles. The van der Waals surface area contributed by atoms with Crippen LogP contribution in [0.1, 0.15) is 15.9 Å². The molecule has 0 aliphatic carbocycles. The molecule has 0 atom stereocenters. The third kappa shape index (κ3) is 6.04. The van der Waals surface area contributed by atoms with Crippen molar-refractivity contribution in [1.29, 1.82) is 0 Å². The van der Waals surface area contributed by atoms with E-state index in [1.165, 1.54) is 12.1 Å². The maximum absolute atomic E-state index is 13.3. The van der Waals surface area contributed by atoms with Gasteiger partial charge in [-0.3, -0.25) is 4.79 Å². The van der Waals surface area contributed by atoms with Crippen LogP contribution in [0.3, 0.4) is 0 Å². The number of rotatable bonds is 6. The maximum Gasteiger partial charge on any atom is 0.573 e. The summed E-state index contributed by atoms with van der Waals surface area (Å²) in [5, 5.41) is 0. The van der Waals surface area contributed by atoms with Gasteiger partial charge < -0.3 is 9.47 Å². The van der Waals surface area contributed by atoms with E-state index in [1.54, 1.807) is 60.7 Å². The molecule has 0 spiro atoms. The Balaban J connectivity index is 1.81. The molecule has 3 nitrogen and oxygen atoms in total. The van der Waals surface area contributed by atoms with Crippen molar-refractivity contribution in [2.45, 2.75) is 12.7 Å². The zero-order valence-corrected chi connectivity index (χ0v) is 18.2. The molecule has 184 valence electrons. The molecule has 0 aromatic heterocycles. The molecule has 0 fully saturated rings. The Bertz CT molecular complexity index is 1260. The van der Waals surface area contributed by atoms with Gasteiger partial charge in [0.15, 0.2) is 5.78 Å². The fourth-order valence-electron chi connectivity index (χ4n) is 3.60. The van der Waals surface area contributed by atoms with Crippen LogP contribution < -0.4 is 9.47 Å². The van der Waals surface area contributed by atoms with E-state index in [0.717, 1.165) is 24.3 Å². The molecule has 0 amide bonds. The first-order valence-electron chi connectivity index (χ1n) is 10.5. The molecule has 0 saturated carbocycles. The van der Waals surface area contributed by atoms with Crippen LogP contribution in [0.25, 0.3) is 22.3 Å². The molecule has 0 saturated heterocycles. The number of ketones is 1. The first-order chi connectivity index (χ1) is 17.0.